The summed E-state index contributed by atoms with van der Waals surface area (Å²) in [5.74, 6) is 0.721. The molecule has 0 aliphatic carbocycles. The smallest absolute Gasteiger partial charge is 0.387 e. The third-order valence-corrected chi connectivity index (χ3v) is 4.65. The van der Waals surface area contributed by atoms with Crippen molar-refractivity contribution in [3.63, 3.8) is 0 Å². The van der Waals surface area contributed by atoms with Crippen LogP contribution >= 0.6 is 11.6 Å². The van der Waals surface area contributed by atoms with Crippen LogP contribution in [0.15, 0.2) is 54.9 Å². The van der Waals surface area contributed by atoms with Crippen LogP contribution in [0.5, 0.6) is 5.75 Å². The van der Waals surface area contributed by atoms with Gasteiger partial charge in [-0.25, -0.2) is 4.68 Å². The summed E-state index contributed by atoms with van der Waals surface area (Å²) in [6.07, 6.45) is 2.04. The average molecular weight is 377 g/mol. The highest BCUT2D eigenvalue weighted by Crippen LogP contribution is 2.40. The molecule has 0 unspecified atom stereocenters. The Labute approximate surface area is 153 Å². The first-order valence-electron chi connectivity index (χ1n) is 8.07. The summed E-state index contributed by atoms with van der Waals surface area (Å²) in [6.45, 7) is -2.89. The van der Waals surface area contributed by atoms with Gasteiger partial charge in [-0.2, -0.15) is 18.9 Å². The molecule has 3 aromatic rings. The molecule has 0 spiro atoms. The molecule has 0 amide bonds. The number of aromatic nitrogens is 3. The van der Waals surface area contributed by atoms with Gasteiger partial charge in [-0.1, -0.05) is 41.9 Å². The van der Waals surface area contributed by atoms with Crippen LogP contribution in [0.4, 0.5) is 14.7 Å². The third kappa shape index (κ3) is 3.22. The van der Waals surface area contributed by atoms with Crippen molar-refractivity contribution in [2.24, 2.45) is 0 Å². The highest BCUT2D eigenvalue weighted by atomic mass is 35.5. The molecule has 0 saturated carbocycles. The lowest BCUT2D eigenvalue weighted by atomic mass is 9.93. The number of nitrogens with one attached hydrogen (secondary N) is 1. The molecule has 4 rings (SSSR count). The monoisotopic (exact) mass is 376 g/mol. The van der Waals surface area contributed by atoms with Gasteiger partial charge in [0, 0.05) is 10.6 Å². The SMILES string of the molecule is FC(F)Oc1ccccc1[C@@H]1C[C@H](c2ccc(Cl)cc2)Nc2ncnn21. The van der Waals surface area contributed by atoms with E-state index in [0.717, 1.165) is 5.56 Å². The predicted octanol–water partition coefficient (Wildman–Crippen LogP) is 4.68. The van der Waals surface area contributed by atoms with Crippen LogP contribution in [0.1, 0.15) is 29.6 Å². The standard InChI is InChI=1S/C18H15ClF2N4O/c19-12-7-5-11(6-8-12)14-9-15(25-18(24-14)22-10-23-25)13-3-1-2-4-16(13)26-17(20)21/h1-8,10,14-15,17H,9H2,(H,22,23,24)/t14-,15+/m1/s1. The van der Waals surface area contributed by atoms with E-state index in [0.29, 0.717) is 23.0 Å². The fraction of sp³-hybridized carbons (Fsp3) is 0.222. The van der Waals surface area contributed by atoms with E-state index >= 15 is 0 Å². The number of benzene rings is 2. The number of hydrogen-bond acceptors (Lipinski definition) is 4. The first kappa shape index (κ1) is 16.8. The normalized spacial score (nSPS) is 19.1. The molecule has 0 fully saturated rings. The fourth-order valence-electron chi connectivity index (χ4n) is 3.25. The minimum absolute atomic E-state index is 0.0615. The fourth-order valence-corrected chi connectivity index (χ4v) is 3.38. The van der Waals surface area contributed by atoms with E-state index in [4.69, 9.17) is 16.3 Å². The molecular formula is C18H15ClF2N4O. The molecule has 1 aliphatic rings. The zero-order valence-corrected chi connectivity index (χ0v) is 14.3. The molecule has 2 aromatic carbocycles. The van der Waals surface area contributed by atoms with Crippen LogP contribution in [0.3, 0.4) is 0 Å². The first-order chi connectivity index (χ1) is 12.6. The zero-order chi connectivity index (χ0) is 18.1. The quantitative estimate of drug-likeness (QED) is 0.718. The van der Waals surface area contributed by atoms with E-state index in [2.05, 4.69) is 15.4 Å². The minimum atomic E-state index is -2.89. The second-order valence-electron chi connectivity index (χ2n) is 5.94. The van der Waals surface area contributed by atoms with E-state index in [1.807, 2.05) is 24.3 Å². The topological polar surface area (TPSA) is 52.0 Å². The van der Waals surface area contributed by atoms with E-state index in [-0.39, 0.29) is 17.8 Å². The highest BCUT2D eigenvalue weighted by Gasteiger charge is 2.31. The van der Waals surface area contributed by atoms with Gasteiger partial charge in [-0.3, -0.25) is 0 Å². The van der Waals surface area contributed by atoms with Crippen LogP contribution in [0, 0.1) is 0 Å². The van der Waals surface area contributed by atoms with Gasteiger partial charge in [-0.15, -0.1) is 0 Å². The van der Waals surface area contributed by atoms with Crippen molar-refractivity contribution in [2.45, 2.75) is 25.1 Å². The summed E-state index contributed by atoms with van der Waals surface area (Å²) in [6, 6.07) is 13.9. The van der Waals surface area contributed by atoms with Gasteiger partial charge in [0.05, 0.1) is 12.1 Å². The number of alkyl halides is 2. The van der Waals surface area contributed by atoms with E-state index in [1.54, 1.807) is 22.9 Å². The maximum absolute atomic E-state index is 12.8. The molecule has 0 bridgehead atoms. The summed E-state index contributed by atoms with van der Waals surface area (Å²) < 4.78 is 32.0. The van der Waals surface area contributed by atoms with Crippen LogP contribution in [-0.4, -0.2) is 21.4 Å². The largest absolute Gasteiger partial charge is 0.434 e. The molecule has 1 aromatic heterocycles. The van der Waals surface area contributed by atoms with Crippen LogP contribution < -0.4 is 10.1 Å². The van der Waals surface area contributed by atoms with Crippen LogP contribution in [0.25, 0.3) is 0 Å². The molecule has 8 heteroatoms. The van der Waals surface area contributed by atoms with Crippen molar-refractivity contribution in [1.29, 1.82) is 0 Å². The van der Waals surface area contributed by atoms with Gasteiger partial charge >= 0.3 is 6.61 Å². The molecule has 2 atom stereocenters. The number of nitrogens with zero attached hydrogens (tertiary/aromatic N) is 3. The van der Waals surface area contributed by atoms with Gasteiger partial charge in [0.2, 0.25) is 5.95 Å². The van der Waals surface area contributed by atoms with Gasteiger partial charge < -0.3 is 10.1 Å². The lowest BCUT2D eigenvalue weighted by Crippen LogP contribution is -2.28. The average Bonchev–Trinajstić information content (AvgIpc) is 3.10. The number of rotatable bonds is 4. The Morgan fingerprint density at radius 3 is 2.69 bits per heavy atom. The number of hydrogen-bond donors (Lipinski definition) is 1. The van der Waals surface area contributed by atoms with Crippen LogP contribution in [0.2, 0.25) is 5.02 Å². The lowest BCUT2D eigenvalue weighted by Gasteiger charge is -2.32. The Kier molecular flexibility index (Phi) is 4.46. The van der Waals surface area contributed by atoms with E-state index < -0.39 is 6.61 Å². The predicted molar refractivity (Wildman–Crippen MR) is 93.7 cm³/mol. The Morgan fingerprint density at radius 2 is 1.92 bits per heavy atom. The number of ether oxygens (including phenoxy) is 1. The maximum atomic E-state index is 12.8. The number of para-hydroxylation sites is 1. The van der Waals surface area contributed by atoms with Crippen molar-refractivity contribution >= 4 is 17.5 Å². The molecule has 5 nitrogen and oxygen atoms in total. The van der Waals surface area contributed by atoms with Crippen LogP contribution in [-0.2, 0) is 0 Å². The summed E-state index contributed by atoms with van der Waals surface area (Å²) in [5, 5.41) is 8.24. The second kappa shape index (κ2) is 6.92. The maximum Gasteiger partial charge on any atom is 0.387 e. The van der Waals surface area contributed by atoms with E-state index in [1.165, 1.54) is 12.4 Å². The van der Waals surface area contributed by atoms with Crippen molar-refractivity contribution in [3.8, 4) is 5.75 Å². The van der Waals surface area contributed by atoms with E-state index in [9.17, 15) is 8.78 Å². The molecule has 2 heterocycles. The lowest BCUT2D eigenvalue weighted by molar-refractivity contribution is -0.0507. The van der Waals surface area contributed by atoms with Gasteiger partial charge in [0.25, 0.3) is 0 Å². The number of halogens is 3. The molecule has 0 saturated heterocycles. The Morgan fingerprint density at radius 1 is 1.15 bits per heavy atom. The Balaban J connectivity index is 1.73. The number of anilines is 1. The zero-order valence-electron chi connectivity index (χ0n) is 13.5. The highest BCUT2D eigenvalue weighted by molar-refractivity contribution is 6.30. The van der Waals surface area contributed by atoms with Crippen molar-refractivity contribution in [1.82, 2.24) is 14.8 Å². The second-order valence-corrected chi connectivity index (χ2v) is 6.38. The molecule has 1 N–H and O–H groups in total. The summed E-state index contributed by atoms with van der Waals surface area (Å²) in [7, 11) is 0. The van der Waals surface area contributed by atoms with Crippen molar-refractivity contribution in [2.75, 3.05) is 5.32 Å². The van der Waals surface area contributed by atoms with Crippen molar-refractivity contribution < 1.29 is 13.5 Å². The molecule has 134 valence electrons. The Bertz CT molecular complexity index is 900. The number of fused-ring (bicyclic) bond motifs is 1. The van der Waals surface area contributed by atoms with Gasteiger partial charge in [0.1, 0.15) is 12.1 Å². The summed E-state index contributed by atoms with van der Waals surface area (Å²) in [4.78, 5) is 4.24. The molecule has 1 aliphatic heterocycles. The first-order valence-corrected chi connectivity index (χ1v) is 8.45. The molecule has 26 heavy (non-hydrogen) atoms. The molecule has 0 radical (unpaired) electrons. The van der Waals surface area contributed by atoms with Gasteiger partial charge in [-0.05, 0) is 30.2 Å². The third-order valence-electron chi connectivity index (χ3n) is 4.40. The Hall–Kier alpha value is -2.67. The van der Waals surface area contributed by atoms with Crippen molar-refractivity contribution in [3.05, 3.63) is 71.0 Å². The molecular weight excluding hydrogens is 362 g/mol. The minimum Gasteiger partial charge on any atom is -0.434 e. The summed E-state index contributed by atoms with van der Waals surface area (Å²) >= 11 is 5.97. The van der Waals surface area contributed by atoms with Gasteiger partial charge in [0.15, 0.2) is 0 Å². The summed E-state index contributed by atoms with van der Waals surface area (Å²) in [5.41, 5.74) is 1.67.